The van der Waals surface area contributed by atoms with Crippen LogP contribution in [-0.2, 0) is 7.05 Å². The molecule has 2 aromatic rings. The quantitative estimate of drug-likeness (QED) is 0.748. The Hall–Kier alpha value is -2.38. The zero-order valence-electron chi connectivity index (χ0n) is 16.1. The Morgan fingerprint density at radius 2 is 2.04 bits per heavy atom. The predicted octanol–water partition coefficient (Wildman–Crippen LogP) is 2.83. The molecular formula is C20H25ClN4O3. The Labute approximate surface area is 169 Å². The van der Waals surface area contributed by atoms with E-state index in [0.29, 0.717) is 16.5 Å². The molecule has 0 aliphatic heterocycles. The molecular weight excluding hydrogens is 380 g/mol. The van der Waals surface area contributed by atoms with Crippen molar-refractivity contribution >= 4 is 29.0 Å². The van der Waals surface area contributed by atoms with E-state index in [1.165, 1.54) is 11.0 Å². The second-order valence-electron chi connectivity index (χ2n) is 7.22. The first-order valence-electron chi connectivity index (χ1n) is 9.42. The van der Waals surface area contributed by atoms with Crippen LogP contribution < -0.4 is 15.9 Å². The second kappa shape index (κ2) is 8.75. The maximum absolute atomic E-state index is 12.7. The molecule has 0 spiro atoms. The van der Waals surface area contributed by atoms with Crippen LogP contribution in [0.2, 0.25) is 5.02 Å². The molecule has 1 aliphatic carbocycles. The highest BCUT2D eigenvalue weighted by molar-refractivity contribution is 6.34. The third-order valence-electron chi connectivity index (χ3n) is 5.26. The Kier molecular flexibility index (Phi) is 6.36. The average Bonchev–Trinajstić information content (AvgIpc) is 2.70. The number of hydrogen-bond donors (Lipinski definition) is 2. The lowest BCUT2D eigenvalue weighted by atomic mass is 9.88. The molecule has 0 bridgehead atoms. The summed E-state index contributed by atoms with van der Waals surface area (Å²) in [5.41, 5.74) is 0.555. The van der Waals surface area contributed by atoms with Crippen LogP contribution in [0.25, 0.3) is 0 Å². The molecule has 1 unspecified atom stereocenters. The van der Waals surface area contributed by atoms with Crippen LogP contribution in [0.3, 0.4) is 0 Å². The number of anilines is 2. The maximum Gasteiger partial charge on any atom is 0.349 e. The maximum atomic E-state index is 12.7. The second-order valence-corrected chi connectivity index (χ2v) is 7.63. The fraction of sp³-hybridized carbons (Fsp3) is 0.450. The van der Waals surface area contributed by atoms with Gasteiger partial charge >= 0.3 is 5.69 Å². The largest absolute Gasteiger partial charge is 0.373 e. The minimum Gasteiger partial charge on any atom is -0.373 e. The number of hydrogen-bond acceptors (Lipinski definition) is 5. The van der Waals surface area contributed by atoms with Gasteiger partial charge in [-0.2, -0.15) is 4.98 Å². The molecule has 1 amide bonds. The third-order valence-corrected chi connectivity index (χ3v) is 5.59. The topological polar surface area (TPSA) is 87.5 Å². The summed E-state index contributed by atoms with van der Waals surface area (Å²) < 4.78 is 1.38. The lowest BCUT2D eigenvalue weighted by Crippen LogP contribution is -2.41. The molecule has 0 saturated heterocycles. The summed E-state index contributed by atoms with van der Waals surface area (Å²) in [6.07, 6.45) is 5.88. The third kappa shape index (κ3) is 4.54. The average molecular weight is 405 g/mol. The van der Waals surface area contributed by atoms with Gasteiger partial charge in [-0.25, -0.2) is 4.79 Å². The van der Waals surface area contributed by atoms with Gasteiger partial charge in [0.25, 0.3) is 5.91 Å². The van der Waals surface area contributed by atoms with Gasteiger partial charge in [-0.1, -0.05) is 30.9 Å². The van der Waals surface area contributed by atoms with Gasteiger partial charge in [0.1, 0.15) is 12.0 Å². The van der Waals surface area contributed by atoms with Gasteiger partial charge < -0.3 is 19.9 Å². The lowest BCUT2D eigenvalue weighted by Gasteiger charge is -2.27. The van der Waals surface area contributed by atoms with Gasteiger partial charge in [-0.3, -0.25) is 4.79 Å². The monoisotopic (exact) mass is 404 g/mol. The molecule has 7 nitrogen and oxygen atoms in total. The van der Waals surface area contributed by atoms with E-state index >= 15 is 0 Å². The highest BCUT2D eigenvalue weighted by Gasteiger charge is 2.24. The van der Waals surface area contributed by atoms with Crippen molar-refractivity contribution in [2.24, 2.45) is 13.0 Å². The van der Waals surface area contributed by atoms with Crippen molar-refractivity contribution in [1.82, 2.24) is 14.9 Å². The Morgan fingerprint density at radius 1 is 1.32 bits per heavy atom. The smallest absolute Gasteiger partial charge is 0.349 e. The van der Waals surface area contributed by atoms with Crippen molar-refractivity contribution in [3.63, 3.8) is 0 Å². The van der Waals surface area contributed by atoms with Gasteiger partial charge in [0.2, 0.25) is 0 Å². The fourth-order valence-electron chi connectivity index (χ4n) is 3.45. The SMILES string of the molecule is CN(c1ccc(Cl)c(C(=O)NC(O)C2CCCCC2)c1)c1ccn(C)c(=O)n1. The summed E-state index contributed by atoms with van der Waals surface area (Å²) in [4.78, 5) is 30.2. The van der Waals surface area contributed by atoms with Gasteiger partial charge in [0.05, 0.1) is 10.6 Å². The van der Waals surface area contributed by atoms with E-state index in [4.69, 9.17) is 11.6 Å². The number of halogens is 1. The van der Waals surface area contributed by atoms with Gasteiger partial charge in [0, 0.05) is 31.9 Å². The minimum atomic E-state index is -0.885. The standard InChI is InChI=1S/C20H25ClN4O3/c1-24-11-10-17(22-20(24)28)25(2)14-8-9-16(21)15(12-14)19(27)23-18(26)13-6-4-3-5-7-13/h8-13,18,26H,3-7H2,1-2H3,(H,23,27). The van der Waals surface area contributed by atoms with Gasteiger partial charge in [-0.05, 0) is 37.1 Å². The first-order chi connectivity index (χ1) is 13.4. The van der Waals surface area contributed by atoms with Crippen molar-refractivity contribution in [2.45, 2.75) is 38.3 Å². The predicted molar refractivity (Wildman–Crippen MR) is 109 cm³/mol. The summed E-state index contributed by atoms with van der Waals surface area (Å²) in [5, 5.41) is 13.3. The summed E-state index contributed by atoms with van der Waals surface area (Å²) in [5.74, 6) is 0.112. The van der Waals surface area contributed by atoms with Crippen molar-refractivity contribution in [2.75, 3.05) is 11.9 Å². The van der Waals surface area contributed by atoms with E-state index in [1.807, 2.05) is 0 Å². The number of carbonyl (C=O) groups excluding carboxylic acids is 1. The summed E-state index contributed by atoms with van der Waals surface area (Å²) in [6, 6.07) is 6.71. The van der Waals surface area contributed by atoms with E-state index in [2.05, 4.69) is 10.3 Å². The van der Waals surface area contributed by atoms with Crippen LogP contribution in [0.1, 0.15) is 42.5 Å². The summed E-state index contributed by atoms with van der Waals surface area (Å²) in [6.45, 7) is 0. The molecule has 1 heterocycles. The molecule has 1 fully saturated rings. The van der Waals surface area contributed by atoms with Crippen LogP contribution in [0.5, 0.6) is 0 Å². The number of rotatable bonds is 5. The normalized spacial score (nSPS) is 15.9. The lowest BCUT2D eigenvalue weighted by molar-refractivity contribution is 0.0463. The van der Waals surface area contributed by atoms with Crippen molar-refractivity contribution < 1.29 is 9.90 Å². The van der Waals surface area contributed by atoms with Crippen molar-refractivity contribution in [1.29, 1.82) is 0 Å². The number of carbonyl (C=O) groups is 1. The van der Waals surface area contributed by atoms with E-state index in [-0.39, 0.29) is 17.2 Å². The number of nitrogens with one attached hydrogen (secondary N) is 1. The number of aryl methyl sites for hydroxylation is 1. The molecule has 150 valence electrons. The minimum absolute atomic E-state index is 0.0760. The molecule has 2 N–H and O–H groups in total. The first kappa shape index (κ1) is 20.4. The van der Waals surface area contributed by atoms with Crippen LogP contribution in [-0.4, -0.2) is 33.8 Å². The van der Waals surface area contributed by atoms with E-state index < -0.39 is 12.1 Å². The van der Waals surface area contributed by atoms with E-state index in [1.54, 1.807) is 49.5 Å². The molecule has 0 radical (unpaired) electrons. The molecule has 8 heteroatoms. The first-order valence-corrected chi connectivity index (χ1v) is 9.80. The zero-order valence-corrected chi connectivity index (χ0v) is 16.8. The Balaban J connectivity index is 1.79. The zero-order chi connectivity index (χ0) is 20.3. The molecule has 1 aliphatic rings. The molecule has 3 rings (SSSR count). The van der Waals surface area contributed by atoms with Crippen LogP contribution in [0.4, 0.5) is 11.5 Å². The Bertz CT molecular complexity index is 909. The molecule has 1 aromatic heterocycles. The fourth-order valence-corrected chi connectivity index (χ4v) is 3.65. The van der Waals surface area contributed by atoms with Crippen molar-refractivity contribution in [3.8, 4) is 0 Å². The van der Waals surface area contributed by atoms with Crippen LogP contribution in [0.15, 0.2) is 35.3 Å². The summed E-state index contributed by atoms with van der Waals surface area (Å²) in [7, 11) is 3.38. The van der Waals surface area contributed by atoms with Gasteiger partial charge in [-0.15, -0.1) is 0 Å². The number of nitrogens with zero attached hydrogens (tertiary/aromatic N) is 3. The highest BCUT2D eigenvalue weighted by Crippen LogP contribution is 2.28. The number of aromatic nitrogens is 2. The number of amides is 1. The number of benzene rings is 1. The highest BCUT2D eigenvalue weighted by atomic mass is 35.5. The molecule has 1 aromatic carbocycles. The Morgan fingerprint density at radius 3 is 2.71 bits per heavy atom. The van der Waals surface area contributed by atoms with E-state index in [9.17, 15) is 14.7 Å². The van der Waals surface area contributed by atoms with Crippen LogP contribution >= 0.6 is 11.6 Å². The van der Waals surface area contributed by atoms with Crippen molar-refractivity contribution in [3.05, 3.63) is 51.5 Å². The number of aliphatic hydroxyl groups excluding tert-OH is 1. The van der Waals surface area contributed by atoms with Gasteiger partial charge in [0.15, 0.2) is 0 Å². The molecule has 28 heavy (non-hydrogen) atoms. The number of aliphatic hydroxyl groups is 1. The molecule has 1 atom stereocenters. The van der Waals surface area contributed by atoms with E-state index in [0.717, 1.165) is 25.7 Å². The molecule has 1 saturated carbocycles. The summed E-state index contributed by atoms with van der Waals surface area (Å²) >= 11 is 6.23. The van der Waals surface area contributed by atoms with Crippen LogP contribution in [0, 0.1) is 5.92 Å².